The van der Waals surface area contributed by atoms with Gasteiger partial charge in [-0.2, -0.15) is 4.31 Å². The molecule has 2 fully saturated rings. The van der Waals surface area contributed by atoms with Crippen LogP contribution in [0, 0.1) is 17.5 Å². The smallest absolute Gasteiger partial charge is 0.243 e. The van der Waals surface area contributed by atoms with Gasteiger partial charge in [0.2, 0.25) is 21.9 Å². The van der Waals surface area contributed by atoms with E-state index in [9.17, 15) is 26.4 Å². The molecule has 2 aliphatic rings. The quantitative estimate of drug-likeness (QED) is 0.282. The molecule has 14 heteroatoms. The molecule has 2 saturated heterocycles. The first-order valence-corrected chi connectivity index (χ1v) is 16.5. The summed E-state index contributed by atoms with van der Waals surface area (Å²) in [4.78, 5) is 26.6. The van der Waals surface area contributed by atoms with Crippen LogP contribution < -0.4 is 15.1 Å². The number of hydrogen-bond acceptors (Lipinski definition) is 7. The third kappa shape index (κ3) is 6.67. The molecule has 0 bridgehead atoms. The van der Waals surface area contributed by atoms with Crippen LogP contribution in [0.1, 0.15) is 18.5 Å². The standard InChI is InChI=1S/C32H30ClF3N6O3S/c33-25-18-21(7-12-26(25)35)28-19-23(38-32(39-28)41-16-14-40(15-17-41)29-5-2-1-4-27(29)36)20-37-31(43)30-6-3-13-42(30)46(44,45)24-10-8-22(34)9-11-24/h1-2,4-5,7-12,18-19,30H,3,6,13-17,20H2,(H,37,43). The summed E-state index contributed by atoms with van der Waals surface area (Å²) in [5.41, 5.74) is 1.95. The summed E-state index contributed by atoms with van der Waals surface area (Å²) in [7, 11) is -4.03. The third-order valence-corrected chi connectivity index (χ3v) is 10.3. The van der Waals surface area contributed by atoms with E-state index in [1.165, 1.54) is 30.3 Å². The van der Waals surface area contributed by atoms with Crippen molar-refractivity contribution in [2.24, 2.45) is 0 Å². The van der Waals surface area contributed by atoms with E-state index in [1.807, 2.05) is 9.80 Å². The summed E-state index contributed by atoms with van der Waals surface area (Å²) in [5.74, 6) is -1.56. The predicted molar refractivity (Wildman–Crippen MR) is 168 cm³/mol. The molecule has 1 aromatic heterocycles. The Morgan fingerprint density at radius 3 is 2.30 bits per heavy atom. The molecule has 240 valence electrons. The molecule has 4 aromatic rings. The largest absolute Gasteiger partial charge is 0.366 e. The molecule has 46 heavy (non-hydrogen) atoms. The number of amides is 1. The average molecular weight is 671 g/mol. The maximum Gasteiger partial charge on any atom is 0.243 e. The minimum absolute atomic E-state index is 0.0353. The topological polar surface area (TPSA) is 98.7 Å². The Morgan fingerprint density at radius 1 is 0.870 bits per heavy atom. The van der Waals surface area contributed by atoms with Crippen LogP contribution in [-0.4, -0.2) is 67.4 Å². The van der Waals surface area contributed by atoms with Gasteiger partial charge in [0.15, 0.2) is 0 Å². The Hall–Kier alpha value is -4.20. The highest BCUT2D eigenvalue weighted by Crippen LogP contribution is 2.29. The molecule has 2 aliphatic heterocycles. The molecule has 6 rings (SSSR count). The van der Waals surface area contributed by atoms with Crippen LogP contribution >= 0.6 is 11.6 Å². The number of para-hydroxylation sites is 1. The number of anilines is 2. The summed E-state index contributed by atoms with van der Waals surface area (Å²) in [6.45, 7) is 2.14. The van der Waals surface area contributed by atoms with Gasteiger partial charge in [0, 0.05) is 38.3 Å². The molecule has 3 heterocycles. The molecule has 1 N–H and O–H groups in total. The first kappa shape index (κ1) is 31.8. The number of rotatable bonds is 8. The molecule has 0 saturated carbocycles. The van der Waals surface area contributed by atoms with E-state index in [1.54, 1.807) is 30.3 Å². The van der Waals surface area contributed by atoms with Crippen molar-refractivity contribution in [3.05, 3.63) is 101 Å². The highest BCUT2D eigenvalue weighted by atomic mass is 35.5. The number of piperazine rings is 1. The first-order chi connectivity index (χ1) is 22.1. The van der Waals surface area contributed by atoms with Gasteiger partial charge in [-0.1, -0.05) is 23.7 Å². The van der Waals surface area contributed by atoms with Crippen molar-refractivity contribution < 1.29 is 26.4 Å². The lowest BCUT2D eigenvalue weighted by Gasteiger charge is -2.36. The lowest BCUT2D eigenvalue weighted by molar-refractivity contribution is -0.124. The van der Waals surface area contributed by atoms with Gasteiger partial charge in [-0.15, -0.1) is 0 Å². The zero-order valence-corrected chi connectivity index (χ0v) is 26.1. The second-order valence-corrected chi connectivity index (χ2v) is 13.3. The van der Waals surface area contributed by atoms with E-state index in [0.717, 1.165) is 16.4 Å². The summed E-state index contributed by atoms with van der Waals surface area (Å²) in [6.07, 6.45) is 0.817. The fraction of sp³-hybridized carbons (Fsp3) is 0.281. The number of hydrogen-bond donors (Lipinski definition) is 1. The fourth-order valence-electron chi connectivity index (χ4n) is 5.70. The lowest BCUT2D eigenvalue weighted by Crippen LogP contribution is -2.47. The van der Waals surface area contributed by atoms with Crippen molar-refractivity contribution >= 4 is 39.2 Å². The van der Waals surface area contributed by atoms with Gasteiger partial charge in [0.05, 0.1) is 33.5 Å². The van der Waals surface area contributed by atoms with Crippen molar-refractivity contribution in [2.45, 2.75) is 30.3 Å². The second kappa shape index (κ2) is 13.3. The van der Waals surface area contributed by atoms with E-state index < -0.39 is 33.6 Å². The number of nitrogens with zero attached hydrogens (tertiary/aromatic N) is 5. The molecule has 1 amide bonds. The molecule has 3 aromatic carbocycles. The Balaban J connectivity index is 1.22. The molecular formula is C32H30ClF3N6O3S. The summed E-state index contributed by atoms with van der Waals surface area (Å²) >= 11 is 6.06. The Bertz CT molecular complexity index is 1860. The maximum atomic E-state index is 14.4. The van der Waals surface area contributed by atoms with Crippen LogP contribution in [0.2, 0.25) is 5.02 Å². The highest BCUT2D eigenvalue weighted by molar-refractivity contribution is 7.89. The summed E-state index contributed by atoms with van der Waals surface area (Å²) < 4.78 is 69.5. The Labute approximate surface area is 269 Å². The van der Waals surface area contributed by atoms with Crippen LogP contribution in [0.15, 0.2) is 77.7 Å². The van der Waals surface area contributed by atoms with Crippen molar-refractivity contribution in [2.75, 3.05) is 42.5 Å². The second-order valence-electron chi connectivity index (χ2n) is 11.0. The number of nitrogens with one attached hydrogen (secondary N) is 1. The fourth-order valence-corrected chi connectivity index (χ4v) is 7.54. The molecule has 0 radical (unpaired) electrons. The molecule has 9 nitrogen and oxygen atoms in total. The molecule has 1 atom stereocenters. The third-order valence-electron chi connectivity index (χ3n) is 8.11. The number of carbonyl (C=O) groups is 1. The SMILES string of the molecule is O=C(NCc1cc(-c2ccc(F)c(Cl)c2)nc(N2CCN(c3ccccc3F)CC2)n1)C1CCCN1S(=O)(=O)c1ccc(F)cc1. The van der Waals surface area contributed by atoms with Gasteiger partial charge in [0.25, 0.3) is 0 Å². The zero-order chi connectivity index (χ0) is 32.4. The summed E-state index contributed by atoms with van der Waals surface area (Å²) in [6, 6.07) is 16.0. The molecule has 0 spiro atoms. The minimum atomic E-state index is -4.03. The highest BCUT2D eigenvalue weighted by Gasteiger charge is 2.39. The van der Waals surface area contributed by atoms with E-state index >= 15 is 0 Å². The average Bonchev–Trinajstić information content (AvgIpc) is 3.57. The summed E-state index contributed by atoms with van der Waals surface area (Å²) in [5, 5.41) is 2.74. The van der Waals surface area contributed by atoms with Crippen LogP contribution in [-0.2, 0) is 21.4 Å². The van der Waals surface area contributed by atoms with Crippen molar-refractivity contribution in [3.8, 4) is 11.3 Å². The van der Waals surface area contributed by atoms with Crippen LogP contribution in [0.25, 0.3) is 11.3 Å². The number of benzene rings is 3. The van der Waals surface area contributed by atoms with Crippen LogP contribution in [0.4, 0.5) is 24.8 Å². The van der Waals surface area contributed by atoms with Gasteiger partial charge >= 0.3 is 0 Å². The van der Waals surface area contributed by atoms with Crippen LogP contribution in [0.5, 0.6) is 0 Å². The van der Waals surface area contributed by atoms with Gasteiger partial charge < -0.3 is 15.1 Å². The van der Waals surface area contributed by atoms with Crippen LogP contribution in [0.3, 0.4) is 0 Å². The predicted octanol–water partition coefficient (Wildman–Crippen LogP) is 5.01. The molecule has 0 aliphatic carbocycles. The number of halogens is 4. The minimum Gasteiger partial charge on any atom is -0.366 e. The normalized spacial score (nSPS) is 17.3. The molecule has 1 unspecified atom stereocenters. The number of aromatic nitrogens is 2. The van der Waals surface area contributed by atoms with Gasteiger partial charge in [0.1, 0.15) is 23.5 Å². The van der Waals surface area contributed by atoms with Crippen molar-refractivity contribution in [1.82, 2.24) is 19.6 Å². The molecular weight excluding hydrogens is 641 g/mol. The van der Waals surface area contributed by atoms with E-state index in [0.29, 0.717) is 67.6 Å². The van der Waals surface area contributed by atoms with Gasteiger partial charge in [-0.05, 0) is 73.5 Å². The maximum absolute atomic E-state index is 14.4. The Kier molecular flexibility index (Phi) is 9.16. The van der Waals surface area contributed by atoms with Crippen molar-refractivity contribution in [1.29, 1.82) is 0 Å². The lowest BCUT2D eigenvalue weighted by atomic mass is 10.1. The first-order valence-electron chi connectivity index (χ1n) is 14.7. The van der Waals surface area contributed by atoms with Crippen molar-refractivity contribution in [3.63, 3.8) is 0 Å². The van der Waals surface area contributed by atoms with E-state index in [4.69, 9.17) is 21.6 Å². The van der Waals surface area contributed by atoms with E-state index in [-0.39, 0.29) is 28.8 Å². The van der Waals surface area contributed by atoms with Gasteiger partial charge in [-0.25, -0.2) is 31.6 Å². The van der Waals surface area contributed by atoms with Gasteiger partial charge in [-0.3, -0.25) is 4.79 Å². The monoisotopic (exact) mass is 670 g/mol. The van der Waals surface area contributed by atoms with E-state index in [2.05, 4.69) is 5.32 Å². The Morgan fingerprint density at radius 2 is 1.59 bits per heavy atom. The number of sulfonamides is 1. The number of carbonyl (C=O) groups excluding carboxylic acids is 1. The zero-order valence-electron chi connectivity index (χ0n) is 24.5.